The van der Waals surface area contributed by atoms with Crippen LogP contribution in [0.3, 0.4) is 0 Å². The summed E-state index contributed by atoms with van der Waals surface area (Å²) in [5.74, 6) is -0.181. The number of carbonyl (C=O) groups excluding carboxylic acids is 2. The third kappa shape index (κ3) is 5.28. The highest BCUT2D eigenvalue weighted by Crippen LogP contribution is 2.34. The first-order valence-electron chi connectivity index (χ1n) is 9.63. The fraction of sp³-hybridized carbons (Fsp3) is 0.381. The van der Waals surface area contributed by atoms with E-state index in [1.807, 2.05) is 41.1 Å². The van der Waals surface area contributed by atoms with Crippen molar-refractivity contribution in [3.63, 3.8) is 0 Å². The number of nitrogens with one attached hydrogen (secondary N) is 1. The Kier molecular flexibility index (Phi) is 8.03. The van der Waals surface area contributed by atoms with Crippen LogP contribution in [0.5, 0.6) is 0 Å². The molecule has 2 amide bonds. The number of ether oxygens (including phenoxy) is 2. The predicted octanol–water partition coefficient (Wildman–Crippen LogP) is 2.64. The average Bonchev–Trinajstić information content (AvgIpc) is 3.21. The molecule has 1 saturated heterocycles. The van der Waals surface area contributed by atoms with Crippen molar-refractivity contribution >= 4 is 57.1 Å². The maximum absolute atomic E-state index is 12.7. The molecule has 1 aliphatic rings. The van der Waals surface area contributed by atoms with Gasteiger partial charge in [0.15, 0.2) is 0 Å². The second-order valence-electron chi connectivity index (χ2n) is 6.75. The highest BCUT2D eigenvalue weighted by molar-refractivity contribution is 8.26. The average molecular weight is 448 g/mol. The van der Waals surface area contributed by atoms with E-state index in [0.717, 1.165) is 22.9 Å². The van der Waals surface area contributed by atoms with Crippen LogP contribution in [0.25, 0.3) is 17.0 Å². The Bertz CT molecular complexity index is 970. The molecule has 1 aliphatic heterocycles. The van der Waals surface area contributed by atoms with Crippen molar-refractivity contribution in [1.29, 1.82) is 0 Å². The van der Waals surface area contributed by atoms with Gasteiger partial charge in [-0.1, -0.05) is 42.2 Å². The van der Waals surface area contributed by atoms with Crippen LogP contribution in [-0.4, -0.2) is 66.1 Å². The van der Waals surface area contributed by atoms with Gasteiger partial charge in [-0.05, 0) is 18.6 Å². The number of amides is 2. The lowest BCUT2D eigenvalue weighted by Gasteiger charge is -2.12. The summed E-state index contributed by atoms with van der Waals surface area (Å²) in [6, 6.07) is 7.83. The first-order valence-corrected chi connectivity index (χ1v) is 10.9. The molecule has 3 rings (SSSR count). The van der Waals surface area contributed by atoms with Crippen molar-refractivity contribution in [1.82, 2.24) is 14.8 Å². The Labute approximate surface area is 185 Å². The molecule has 1 aromatic heterocycles. The molecule has 160 valence electrons. The van der Waals surface area contributed by atoms with Gasteiger partial charge in [-0.2, -0.15) is 0 Å². The van der Waals surface area contributed by atoms with Gasteiger partial charge in [0.05, 0.1) is 18.1 Å². The molecule has 0 saturated carbocycles. The van der Waals surface area contributed by atoms with Crippen LogP contribution >= 0.6 is 24.0 Å². The van der Waals surface area contributed by atoms with Crippen molar-refractivity contribution in [2.24, 2.45) is 0 Å². The number of carbonyl (C=O) groups is 2. The van der Waals surface area contributed by atoms with Crippen LogP contribution in [0.15, 0.2) is 35.4 Å². The summed E-state index contributed by atoms with van der Waals surface area (Å²) in [5.41, 5.74) is 1.82. The van der Waals surface area contributed by atoms with Gasteiger partial charge < -0.3 is 19.4 Å². The van der Waals surface area contributed by atoms with E-state index in [-0.39, 0.29) is 18.4 Å². The minimum absolute atomic E-state index is 0.0655. The predicted molar refractivity (Wildman–Crippen MR) is 123 cm³/mol. The normalized spacial score (nSPS) is 15.5. The Morgan fingerprint density at radius 3 is 2.77 bits per heavy atom. The molecular weight excluding hydrogens is 422 g/mol. The Morgan fingerprint density at radius 1 is 1.23 bits per heavy atom. The molecule has 0 aliphatic carbocycles. The zero-order valence-electron chi connectivity index (χ0n) is 17.1. The lowest BCUT2D eigenvalue weighted by molar-refractivity contribution is -0.123. The van der Waals surface area contributed by atoms with Gasteiger partial charge in [0.2, 0.25) is 5.91 Å². The summed E-state index contributed by atoms with van der Waals surface area (Å²) in [6.07, 6.45) is 4.52. The van der Waals surface area contributed by atoms with Crippen LogP contribution in [0.1, 0.15) is 12.0 Å². The van der Waals surface area contributed by atoms with E-state index in [1.165, 1.54) is 11.8 Å². The summed E-state index contributed by atoms with van der Waals surface area (Å²) in [5, 5.41) is 3.88. The highest BCUT2D eigenvalue weighted by Gasteiger charge is 2.31. The second kappa shape index (κ2) is 10.7. The first kappa shape index (κ1) is 22.5. The van der Waals surface area contributed by atoms with Crippen molar-refractivity contribution in [3.05, 3.63) is 40.9 Å². The molecule has 0 radical (unpaired) electrons. The summed E-state index contributed by atoms with van der Waals surface area (Å²) in [6.45, 7) is 2.25. The number of hydrogen-bond donors (Lipinski definition) is 1. The van der Waals surface area contributed by atoms with Gasteiger partial charge in [0, 0.05) is 50.0 Å². The molecule has 2 heterocycles. The minimum atomic E-state index is -0.116. The van der Waals surface area contributed by atoms with Crippen LogP contribution in [-0.2, 0) is 25.6 Å². The molecule has 1 N–H and O–H groups in total. The van der Waals surface area contributed by atoms with Crippen molar-refractivity contribution < 1.29 is 19.1 Å². The number of fused-ring (bicyclic) bond motifs is 1. The maximum Gasteiger partial charge on any atom is 0.266 e. The molecular formula is C21H25N3O4S2. The maximum atomic E-state index is 12.7. The van der Waals surface area contributed by atoms with Crippen LogP contribution in [0.4, 0.5) is 0 Å². The standard InChI is InChI=1S/C21H25N3O4S2/c1-27-10-5-8-22-19(25)14-23-13-15(16-6-3-4-7-17(16)23)12-18-20(26)24(9-11-28-2)21(29)30-18/h3-4,6-7,12-13H,5,8-11,14H2,1-2H3,(H,22,25). The molecule has 7 nitrogen and oxygen atoms in total. The van der Waals surface area contributed by atoms with Gasteiger partial charge in [-0.25, -0.2) is 0 Å². The van der Waals surface area contributed by atoms with Gasteiger partial charge in [0.25, 0.3) is 5.91 Å². The second-order valence-corrected chi connectivity index (χ2v) is 8.43. The summed E-state index contributed by atoms with van der Waals surface area (Å²) in [4.78, 5) is 27.2. The molecule has 0 atom stereocenters. The first-order chi connectivity index (χ1) is 14.5. The van der Waals surface area contributed by atoms with Crippen LogP contribution in [0.2, 0.25) is 0 Å². The van der Waals surface area contributed by atoms with E-state index in [2.05, 4.69) is 5.32 Å². The number of thiocarbonyl (C=S) groups is 1. The minimum Gasteiger partial charge on any atom is -0.385 e. The SMILES string of the molecule is COCCCNC(=O)Cn1cc(C=C2SC(=S)N(CCOC)C2=O)c2ccccc21. The highest BCUT2D eigenvalue weighted by atomic mass is 32.2. The monoisotopic (exact) mass is 447 g/mol. The van der Waals surface area contributed by atoms with E-state index in [4.69, 9.17) is 21.7 Å². The van der Waals surface area contributed by atoms with Gasteiger partial charge in [0.1, 0.15) is 10.9 Å². The van der Waals surface area contributed by atoms with E-state index in [0.29, 0.717) is 35.5 Å². The molecule has 1 aromatic carbocycles. The summed E-state index contributed by atoms with van der Waals surface area (Å²) in [7, 11) is 3.23. The van der Waals surface area contributed by atoms with Crippen molar-refractivity contribution in [3.8, 4) is 0 Å². The topological polar surface area (TPSA) is 72.8 Å². The number of aromatic nitrogens is 1. The number of hydrogen-bond acceptors (Lipinski definition) is 6. The molecule has 1 fully saturated rings. The number of rotatable bonds is 10. The van der Waals surface area contributed by atoms with E-state index >= 15 is 0 Å². The van der Waals surface area contributed by atoms with Crippen LogP contribution in [0, 0.1) is 0 Å². The lowest BCUT2D eigenvalue weighted by atomic mass is 10.1. The summed E-state index contributed by atoms with van der Waals surface area (Å²) < 4.78 is 12.5. The number of para-hydroxylation sites is 1. The van der Waals surface area contributed by atoms with E-state index in [1.54, 1.807) is 19.1 Å². The number of thioether (sulfide) groups is 1. The fourth-order valence-electron chi connectivity index (χ4n) is 3.19. The smallest absolute Gasteiger partial charge is 0.266 e. The molecule has 30 heavy (non-hydrogen) atoms. The zero-order valence-corrected chi connectivity index (χ0v) is 18.7. The van der Waals surface area contributed by atoms with E-state index in [9.17, 15) is 9.59 Å². The third-order valence-electron chi connectivity index (χ3n) is 4.66. The molecule has 2 aromatic rings. The van der Waals surface area contributed by atoms with Crippen molar-refractivity contribution in [2.75, 3.05) is 40.5 Å². The number of methoxy groups -OCH3 is 2. The molecule has 0 spiro atoms. The molecule has 0 bridgehead atoms. The number of nitrogens with zero attached hydrogens (tertiary/aromatic N) is 2. The van der Waals surface area contributed by atoms with Crippen LogP contribution < -0.4 is 5.32 Å². The third-order valence-corrected chi connectivity index (χ3v) is 6.04. The molecule has 0 unspecified atom stereocenters. The lowest BCUT2D eigenvalue weighted by Crippen LogP contribution is -2.31. The zero-order chi connectivity index (χ0) is 21.5. The Balaban J connectivity index is 1.80. The number of benzene rings is 1. The Hall–Kier alpha value is -2.20. The molecule has 9 heteroatoms. The van der Waals surface area contributed by atoms with E-state index < -0.39 is 0 Å². The Morgan fingerprint density at radius 2 is 2.00 bits per heavy atom. The van der Waals surface area contributed by atoms with Gasteiger partial charge in [-0.3, -0.25) is 14.5 Å². The fourth-order valence-corrected chi connectivity index (χ4v) is 4.49. The van der Waals surface area contributed by atoms with Gasteiger partial charge in [-0.15, -0.1) is 0 Å². The van der Waals surface area contributed by atoms with Crippen molar-refractivity contribution in [2.45, 2.75) is 13.0 Å². The summed E-state index contributed by atoms with van der Waals surface area (Å²) >= 11 is 6.63. The largest absolute Gasteiger partial charge is 0.385 e. The van der Waals surface area contributed by atoms with Gasteiger partial charge >= 0.3 is 0 Å². The quantitative estimate of drug-likeness (QED) is 0.343.